The van der Waals surface area contributed by atoms with Crippen LogP contribution in [0.3, 0.4) is 0 Å². The highest BCUT2D eigenvalue weighted by atomic mass is 32.1. The molecule has 1 aliphatic heterocycles. The van der Waals surface area contributed by atoms with Crippen molar-refractivity contribution in [1.29, 1.82) is 0 Å². The van der Waals surface area contributed by atoms with E-state index in [9.17, 15) is 14.4 Å². The van der Waals surface area contributed by atoms with E-state index in [1.54, 1.807) is 42.3 Å². The number of methoxy groups -OCH3 is 1. The summed E-state index contributed by atoms with van der Waals surface area (Å²) in [5, 5.41) is 0.556. The van der Waals surface area contributed by atoms with Gasteiger partial charge in [-0.05, 0) is 42.8 Å². The molecule has 0 atom stereocenters. The van der Waals surface area contributed by atoms with Crippen molar-refractivity contribution in [1.82, 2.24) is 9.88 Å². The molecule has 0 spiro atoms. The average Bonchev–Trinajstić information content (AvgIpc) is 3.39. The van der Waals surface area contributed by atoms with Crippen LogP contribution in [0, 0.1) is 0 Å². The second-order valence-electron chi connectivity index (χ2n) is 7.81. The lowest BCUT2D eigenvalue weighted by atomic mass is 10.1. The summed E-state index contributed by atoms with van der Waals surface area (Å²) < 4.78 is 6.32. The van der Waals surface area contributed by atoms with E-state index in [0.717, 1.165) is 10.2 Å². The van der Waals surface area contributed by atoms with Crippen molar-refractivity contribution >= 4 is 50.1 Å². The number of aromatic nitrogens is 1. The Balaban J connectivity index is 1.37. The predicted molar refractivity (Wildman–Crippen MR) is 131 cm³/mol. The number of ether oxygens (including phenoxy) is 1. The minimum absolute atomic E-state index is 0.139. The normalized spacial score (nSPS) is 12.8. The van der Waals surface area contributed by atoms with Gasteiger partial charge in [0.15, 0.2) is 5.13 Å². The smallest absolute Gasteiger partial charge is 0.261 e. The van der Waals surface area contributed by atoms with Crippen LogP contribution in [0.4, 0.5) is 10.8 Å². The van der Waals surface area contributed by atoms with E-state index in [4.69, 9.17) is 4.74 Å². The van der Waals surface area contributed by atoms with Crippen molar-refractivity contribution in [2.45, 2.75) is 12.8 Å². The zero-order valence-corrected chi connectivity index (χ0v) is 19.2. The third-order valence-corrected chi connectivity index (χ3v) is 6.71. The molecule has 3 aromatic carbocycles. The number of benzene rings is 3. The first-order chi connectivity index (χ1) is 16.6. The molecule has 4 aromatic rings. The van der Waals surface area contributed by atoms with Gasteiger partial charge in [0.25, 0.3) is 11.8 Å². The Labute approximate surface area is 200 Å². The van der Waals surface area contributed by atoms with Crippen LogP contribution in [0.5, 0.6) is 5.75 Å². The molecule has 0 radical (unpaired) electrons. The van der Waals surface area contributed by atoms with Crippen LogP contribution in [-0.4, -0.2) is 41.3 Å². The Morgan fingerprint density at radius 1 is 0.971 bits per heavy atom. The van der Waals surface area contributed by atoms with Crippen LogP contribution < -0.4 is 9.64 Å². The molecule has 0 aliphatic carbocycles. The number of carbonyl (C=O) groups is 3. The fourth-order valence-electron chi connectivity index (χ4n) is 4.01. The van der Waals surface area contributed by atoms with Gasteiger partial charge in [-0.15, -0.1) is 0 Å². The molecule has 3 amide bonds. The summed E-state index contributed by atoms with van der Waals surface area (Å²) in [6, 6.07) is 21.7. The first-order valence-electron chi connectivity index (χ1n) is 10.8. The standard InChI is InChI=1S/C26H21N3O4S/c1-33-18-9-6-8-17(16-18)29(26-27-21-12-4-5-13-22(21)34-26)23(30)14-7-15-28-24(31)19-10-2-3-11-20(19)25(28)32/h2-6,8-13,16H,7,14-15H2,1H3. The second kappa shape index (κ2) is 9.07. The number of nitrogens with zero attached hydrogens (tertiary/aromatic N) is 3. The molecule has 2 heterocycles. The van der Waals surface area contributed by atoms with Gasteiger partial charge in [-0.2, -0.15) is 0 Å². The number of hydrogen-bond donors (Lipinski definition) is 0. The number of carbonyl (C=O) groups excluding carboxylic acids is 3. The highest BCUT2D eigenvalue weighted by Gasteiger charge is 2.34. The van der Waals surface area contributed by atoms with Gasteiger partial charge in [-0.25, -0.2) is 4.98 Å². The predicted octanol–water partition coefficient (Wildman–Crippen LogP) is 5.05. The maximum absolute atomic E-state index is 13.4. The number of rotatable bonds is 7. The zero-order chi connectivity index (χ0) is 23.7. The highest BCUT2D eigenvalue weighted by molar-refractivity contribution is 7.22. The minimum atomic E-state index is -0.316. The molecule has 0 bridgehead atoms. The monoisotopic (exact) mass is 471 g/mol. The number of thiazole rings is 1. The molecule has 34 heavy (non-hydrogen) atoms. The van der Waals surface area contributed by atoms with E-state index < -0.39 is 0 Å². The van der Waals surface area contributed by atoms with Crippen molar-refractivity contribution in [3.8, 4) is 5.75 Å². The molecule has 1 aliphatic rings. The topological polar surface area (TPSA) is 79.8 Å². The Morgan fingerprint density at radius 3 is 2.38 bits per heavy atom. The molecule has 8 heteroatoms. The van der Waals surface area contributed by atoms with Crippen molar-refractivity contribution in [3.63, 3.8) is 0 Å². The first-order valence-corrected chi connectivity index (χ1v) is 11.7. The number of anilines is 2. The van der Waals surface area contributed by atoms with Crippen LogP contribution in [0.15, 0.2) is 72.8 Å². The number of fused-ring (bicyclic) bond motifs is 2. The van der Waals surface area contributed by atoms with Crippen LogP contribution in [-0.2, 0) is 4.79 Å². The van der Waals surface area contributed by atoms with E-state index in [1.807, 2.05) is 42.5 Å². The SMILES string of the molecule is COc1cccc(N(C(=O)CCCN2C(=O)c3ccccc3C2=O)c2nc3ccccc3s2)c1. The summed E-state index contributed by atoms with van der Waals surface area (Å²) in [5.41, 5.74) is 2.27. The number of imide groups is 1. The lowest BCUT2D eigenvalue weighted by molar-refractivity contribution is -0.118. The molecular formula is C26H21N3O4S. The molecule has 0 unspecified atom stereocenters. The lowest BCUT2D eigenvalue weighted by Crippen LogP contribution is -2.32. The molecule has 170 valence electrons. The Morgan fingerprint density at radius 2 is 1.68 bits per heavy atom. The Hall–Kier alpha value is -4.04. The summed E-state index contributed by atoms with van der Waals surface area (Å²) in [5.74, 6) is -0.181. The van der Waals surface area contributed by atoms with Gasteiger partial charge in [0.05, 0.1) is 34.1 Å². The molecule has 7 nitrogen and oxygen atoms in total. The number of hydrogen-bond acceptors (Lipinski definition) is 6. The van der Waals surface area contributed by atoms with Gasteiger partial charge >= 0.3 is 0 Å². The van der Waals surface area contributed by atoms with E-state index in [-0.39, 0.29) is 30.7 Å². The summed E-state index contributed by atoms with van der Waals surface area (Å²) in [6.07, 6.45) is 0.482. The highest BCUT2D eigenvalue weighted by Crippen LogP contribution is 2.35. The van der Waals surface area contributed by atoms with Crippen LogP contribution in [0.25, 0.3) is 10.2 Å². The summed E-state index contributed by atoms with van der Waals surface area (Å²) in [7, 11) is 1.57. The summed E-state index contributed by atoms with van der Waals surface area (Å²) >= 11 is 1.43. The zero-order valence-electron chi connectivity index (χ0n) is 18.4. The fourth-order valence-corrected chi connectivity index (χ4v) is 5.01. The molecule has 1 aromatic heterocycles. The number of para-hydroxylation sites is 1. The summed E-state index contributed by atoms with van der Waals surface area (Å²) in [4.78, 5) is 46.1. The van der Waals surface area contributed by atoms with Gasteiger partial charge < -0.3 is 4.74 Å². The fraction of sp³-hybridized carbons (Fsp3) is 0.154. The number of amides is 3. The second-order valence-corrected chi connectivity index (χ2v) is 8.81. The van der Waals surface area contributed by atoms with Crippen LogP contribution in [0.1, 0.15) is 33.6 Å². The largest absolute Gasteiger partial charge is 0.497 e. The molecule has 0 saturated heterocycles. The minimum Gasteiger partial charge on any atom is -0.497 e. The van der Waals surface area contributed by atoms with Gasteiger partial charge in [0.1, 0.15) is 5.75 Å². The third kappa shape index (κ3) is 3.92. The van der Waals surface area contributed by atoms with E-state index in [0.29, 0.717) is 34.1 Å². The van der Waals surface area contributed by atoms with Crippen molar-refractivity contribution in [2.24, 2.45) is 0 Å². The Kier molecular flexibility index (Phi) is 5.81. The molecule has 5 rings (SSSR count). The molecule has 0 N–H and O–H groups in total. The quantitative estimate of drug-likeness (QED) is 0.353. The maximum Gasteiger partial charge on any atom is 0.261 e. The average molecular weight is 472 g/mol. The van der Waals surface area contributed by atoms with Crippen LogP contribution in [0.2, 0.25) is 0 Å². The van der Waals surface area contributed by atoms with Gasteiger partial charge in [-0.1, -0.05) is 41.7 Å². The van der Waals surface area contributed by atoms with Gasteiger partial charge in [-0.3, -0.25) is 24.2 Å². The van der Waals surface area contributed by atoms with Crippen molar-refractivity contribution in [2.75, 3.05) is 18.6 Å². The third-order valence-electron chi connectivity index (χ3n) is 5.69. The maximum atomic E-state index is 13.4. The van der Waals surface area contributed by atoms with E-state index >= 15 is 0 Å². The van der Waals surface area contributed by atoms with Gasteiger partial charge in [0.2, 0.25) is 5.91 Å². The lowest BCUT2D eigenvalue weighted by Gasteiger charge is -2.21. The molecular weight excluding hydrogens is 450 g/mol. The van der Waals surface area contributed by atoms with Crippen molar-refractivity contribution in [3.05, 3.63) is 83.9 Å². The summed E-state index contributed by atoms with van der Waals surface area (Å²) in [6.45, 7) is 0.171. The van der Waals surface area contributed by atoms with E-state index in [2.05, 4.69) is 4.98 Å². The van der Waals surface area contributed by atoms with Gasteiger partial charge in [0, 0.05) is 19.0 Å². The molecule has 0 saturated carbocycles. The first kappa shape index (κ1) is 21.8. The van der Waals surface area contributed by atoms with Crippen LogP contribution >= 0.6 is 11.3 Å². The Bertz CT molecular complexity index is 1350. The molecule has 0 fully saturated rings. The van der Waals surface area contributed by atoms with Crippen molar-refractivity contribution < 1.29 is 19.1 Å². The van der Waals surface area contributed by atoms with E-state index in [1.165, 1.54) is 16.2 Å².